The summed E-state index contributed by atoms with van der Waals surface area (Å²) in [7, 11) is 0. The van der Waals surface area contributed by atoms with Gasteiger partial charge >= 0.3 is 0 Å². The molecular formula is C12H13N3O2. The van der Waals surface area contributed by atoms with Crippen molar-refractivity contribution in [3.05, 3.63) is 29.5 Å². The largest absolute Gasteiger partial charge is 0.399 e. The number of aliphatic hydroxyl groups excluding tert-OH is 1. The van der Waals surface area contributed by atoms with Crippen LogP contribution in [-0.2, 0) is 0 Å². The van der Waals surface area contributed by atoms with Crippen LogP contribution in [0.3, 0.4) is 0 Å². The second-order valence-corrected chi connectivity index (χ2v) is 4.31. The first-order valence-electron chi connectivity index (χ1n) is 5.51. The lowest BCUT2D eigenvalue weighted by molar-refractivity contribution is 0.0929. The summed E-state index contributed by atoms with van der Waals surface area (Å²) < 4.78 is 0. The zero-order chi connectivity index (χ0) is 12.0. The molecule has 0 fully saturated rings. The molecule has 5 nitrogen and oxygen atoms in total. The van der Waals surface area contributed by atoms with Gasteiger partial charge in [-0.15, -0.1) is 0 Å². The fourth-order valence-electron chi connectivity index (χ4n) is 2.40. The molecule has 5 heteroatoms. The predicted octanol–water partition coefficient (Wildman–Crippen LogP) is 0.569. The number of carbonyl (C=O) groups is 1. The summed E-state index contributed by atoms with van der Waals surface area (Å²) in [6.07, 6.45) is 0. The number of anilines is 1. The number of aliphatic hydroxyl groups is 1. The molecule has 2 heterocycles. The minimum absolute atomic E-state index is 0.00896. The van der Waals surface area contributed by atoms with Gasteiger partial charge in [0.2, 0.25) is 0 Å². The van der Waals surface area contributed by atoms with Gasteiger partial charge < -0.3 is 21.1 Å². The lowest BCUT2D eigenvalue weighted by Crippen LogP contribution is -2.36. The highest BCUT2D eigenvalue weighted by molar-refractivity contribution is 6.03. The van der Waals surface area contributed by atoms with E-state index in [2.05, 4.69) is 10.3 Å². The Balaban J connectivity index is 2.33. The number of amides is 1. The van der Waals surface area contributed by atoms with E-state index in [9.17, 15) is 9.90 Å². The third-order valence-corrected chi connectivity index (χ3v) is 3.23. The van der Waals surface area contributed by atoms with Crippen molar-refractivity contribution in [3.63, 3.8) is 0 Å². The molecule has 0 radical (unpaired) electrons. The summed E-state index contributed by atoms with van der Waals surface area (Å²) in [5, 5.41) is 13.1. The first kappa shape index (κ1) is 10.2. The number of rotatable bonds is 1. The molecule has 2 aromatic rings. The number of benzene rings is 1. The maximum Gasteiger partial charge on any atom is 0.268 e. The van der Waals surface area contributed by atoms with Crippen LogP contribution in [0.15, 0.2) is 18.2 Å². The number of aromatic amines is 1. The zero-order valence-electron chi connectivity index (χ0n) is 9.16. The molecule has 5 N–H and O–H groups in total. The predicted molar refractivity (Wildman–Crippen MR) is 64.9 cm³/mol. The van der Waals surface area contributed by atoms with E-state index < -0.39 is 0 Å². The van der Waals surface area contributed by atoms with Gasteiger partial charge in [0.1, 0.15) is 5.69 Å². The molecule has 0 bridgehead atoms. The molecule has 1 amide bonds. The lowest BCUT2D eigenvalue weighted by Gasteiger charge is -2.21. The maximum absolute atomic E-state index is 11.7. The van der Waals surface area contributed by atoms with Crippen LogP contribution in [0.1, 0.15) is 22.0 Å². The molecule has 17 heavy (non-hydrogen) atoms. The smallest absolute Gasteiger partial charge is 0.268 e. The summed E-state index contributed by atoms with van der Waals surface area (Å²) in [4.78, 5) is 14.8. The van der Waals surface area contributed by atoms with E-state index in [0.717, 1.165) is 16.5 Å². The lowest BCUT2D eigenvalue weighted by atomic mass is 9.93. The minimum atomic E-state index is -0.125. The molecule has 1 aliphatic rings. The summed E-state index contributed by atoms with van der Waals surface area (Å²) in [6.45, 7) is 0.471. The Morgan fingerprint density at radius 3 is 3.06 bits per heavy atom. The van der Waals surface area contributed by atoms with Crippen molar-refractivity contribution in [2.24, 2.45) is 0 Å². The number of hydrogen-bond acceptors (Lipinski definition) is 3. The molecule has 1 aromatic carbocycles. The van der Waals surface area contributed by atoms with Gasteiger partial charge in [-0.05, 0) is 23.8 Å². The maximum atomic E-state index is 11.7. The van der Waals surface area contributed by atoms with E-state index in [1.807, 2.05) is 12.1 Å². The van der Waals surface area contributed by atoms with E-state index in [0.29, 0.717) is 17.9 Å². The Hall–Kier alpha value is -2.01. The zero-order valence-corrected chi connectivity index (χ0v) is 9.16. The van der Waals surface area contributed by atoms with Gasteiger partial charge in [-0.3, -0.25) is 4.79 Å². The van der Waals surface area contributed by atoms with Crippen molar-refractivity contribution in [2.45, 2.75) is 5.92 Å². The molecule has 1 aliphatic heterocycles. The summed E-state index contributed by atoms with van der Waals surface area (Å²) >= 11 is 0. The Kier molecular flexibility index (Phi) is 2.09. The van der Waals surface area contributed by atoms with E-state index in [-0.39, 0.29) is 18.4 Å². The van der Waals surface area contributed by atoms with Gasteiger partial charge in [0.05, 0.1) is 6.61 Å². The topological polar surface area (TPSA) is 91.1 Å². The van der Waals surface area contributed by atoms with E-state index in [4.69, 9.17) is 5.73 Å². The van der Waals surface area contributed by atoms with Crippen LogP contribution in [-0.4, -0.2) is 29.1 Å². The standard InChI is InChI=1S/C12H13N3O2/c13-7-1-2-9-8(3-7)10-6(5-16)4-14-12(17)11(10)15-9/h1-3,6,15-16H,4-5,13H2,(H,14,17). The van der Waals surface area contributed by atoms with Gasteiger partial charge in [-0.1, -0.05) is 0 Å². The Labute approximate surface area is 97.6 Å². The molecule has 88 valence electrons. The van der Waals surface area contributed by atoms with Gasteiger partial charge in [0, 0.05) is 29.1 Å². The fraction of sp³-hybridized carbons (Fsp3) is 0.250. The second kappa shape index (κ2) is 3.49. The minimum Gasteiger partial charge on any atom is -0.399 e. The van der Waals surface area contributed by atoms with Crippen LogP contribution in [0.25, 0.3) is 10.9 Å². The molecule has 1 unspecified atom stereocenters. The van der Waals surface area contributed by atoms with Crippen molar-refractivity contribution in [3.8, 4) is 0 Å². The monoisotopic (exact) mass is 231 g/mol. The van der Waals surface area contributed by atoms with Gasteiger partial charge in [0.15, 0.2) is 0 Å². The van der Waals surface area contributed by atoms with Crippen LogP contribution >= 0.6 is 0 Å². The van der Waals surface area contributed by atoms with Crippen LogP contribution in [0, 0.1) is 0 Å². The normalized spacial score (nSPS) is 19.1. The SMILES string of the molecule is Nc1ccc2[nH]c3c(c2c1)C(CO)CNC3=O. The van der Waals surface area contributed by atoms with E-state index >= 15 is 0 Å². The average Bonchev–Trinajstić information content (AvgIpc) is 2.70. The number of fused-ring (bicyclic) bond motifs is 3. The van der Waals surface area contributed by atoms with Gasteiger partial charge in [0.25, 0.3) is 5.91 Å². The van der Waals surface area contributed by atoms with Crippen molar-refractivity contribution >= 4 is 22.5 Å². The third-order valence-electron chi connectivity index (χ3n) is 3.23. The van der Waals surface area contributed by atoms with Gasteiger partial charge in [-0.2, -0.15) is 0 Å². The molecule has 3 rings (SSSR count). The van der Waals surface area contributed by atoms with Crippen LogP contribution < -0.4 is 11.1 Å². The molecule has 1 atom stereocenters. The molecule has 1 aromatic heterocycles. The molecule has 0 spiro atoms. The highest BCUT2D eigenvalue weighted by Gasteiger charge is 2.28. The number of nitrogen functional groups attached to an aromatic ring is 1. The highest BCUT2D eigenvalue weighted by Crippen LogP contribution is 2.32. The molecular weight excluding hydrogens is 218 g/mol. The summed E-state index contributed by atoms with van der Waals surface area (Å²) in [5.41, 5.74) is 8.70. The first-order chi connectivity index (χ1) is 8.20. The number of H-pyrrole nitrogens is 1. The van der Waals surface area contributed by atoms with Crippen LogP contribution in [0.5, 0.6) is 0 Å². The number of hydrogen-bond donors (Lipinski definition) is 4. The number of aromatic nitrogens is 1. The Bertz CT molecular complexity index is 603. The van der Waals surface area contributed by atoms with Crippen molar-refractivity contribution < 1.29 is 9.90 Å². The number of nitrogens with two attached hydrogens (primary N) is 1. The van der Waals surface area contributed by atoms with Crippen molar-refractivity contribution in [1.82, 2.24) is 10.3 Å². The van der Waals surface area contributed by atoms with E-state index in [1.165, 1.54) is 0 Å². The Morgan fingerprint density at radius 2 is 2.29 bits per heavy atom. The molecule has 0 saturated heterocycles. The quantitative estimate of drug-likeness (QED) is 0.541. The molecule has 0 saturated carbocycles. The average molecular weight is 231 g/mol. The summed E-state index contributed by atoms with van der Waals surface area (Å²) in [5.74, 6) is -0.197. The fourth-order valence-corrected chi connectivity index (χ4v) is 2.40. The Morgan fingerprint density at radius 1 is 1.47 bits per heavy atom. The first-order valence-corrected chi connectivity index (χ1v) is 5.51. The van der Waals surface area contributed by atoms with Crippen LogP contribution in [0.4, 0.5) is 5.69 Å². The summed E-state index contributed by atoms with van der Waals surface area (Å²) in [6, 6.07) is 5.48. The molecule has 0 aliphatic carbocycles. The number of nitrogens with one attached hydrogen (secondary N) is 2. The van der Waals surface area contributed by atoms with Crippen molar-refractivity contribution in [1.29, 1.82) is 0 Å². The van der Waals surface area contributed by atoms with Crippen molar-refractivity contribution in [2.75, 3.05) is 18.9 Å². The van der Waals surface area contributed by atoms with E-state index in [1.54, 1.807) is 6.07 Å². The van der Waals surface area contributed by atoms with Gasteiger partial charge in [-0.25, -0.2) is 0 Å². The third kappa shape index (κ3) is 1.39. The number of carbonyl (C=O) groups excluding carboxylic acids is 1. The highest BCUT2D eigenvalue weighted by atomic mass is 16.3. The van der Waals surface area contributed by atoms with Crippen LogP contribution in [0.2, 0.25) is 0 Å². The second-order valence-electron chi connectivity index (χ2n) is 4.31.